The summed E-state index contributed by atoms with van der Waals surface area (Å²) in [4.78, 5) is 29.7. The molecule has 0 aromatic heterocycles. The molecule has 0 fully saturated rings. The van der Waals surface area contributed by atoms with Crippen molar-refractivity contribution in [1.29, 1.82) is 0 Å². The van der Waals surface area contributed by atoms with Crippen LogP contribution in [0.25, 0.3) is 0 Å². The molecule has 8 nitrogen and oxygen atoms in total. The van der Waals surface area contributed by atoms with Crippen molar-refractivity contribution in [3.8, 4) is 5.75 Å². The zero-order chi connectivity index (χ0) is 31.4. The zero-order valence-electron chi connectivity index (χ0n) is 25.1. The first-order valence-electron chi connectivity index (χ1n) is 14.7. The standard InChI is InChI=1S/C35H39N3O5S/c1-3-4-24-36-35(40)33(25-28-14-8-5-9-15-28)37(26-29-16-10-6-11-17-29)34(39)27-38(30-20-22-31(43-2)23-21-30)44(41,42)32-18-12-7-13-19-32/h5-23,33H,3-4,24-27H2,1-2H3,(H,36,40)/t33-/m1/s1. The van der Waals surface area contributed by atoms with Crippen molar-refractivity contribution in [2.75, 3.05) is 24.5 Å². The quantitative estimate of drug-likeness (QED) is 0.180. The van der Waals surface area contributed by atoms with Crippen molar-refractivity contribution < 1.29 is 22.7 Å². The molecule has 0 unspecified atom stereocenters. The van der Waals surface area contributed by atoms with Crippen molar-refractivity contribution in [1.82, 2.24) is 10.2 Å². The average molecular weight is 614 g/mol. The molecule has 1 N–H and O–H groups in total. The van der Waals surface area contributed by atoms with E-state index in [2.05, 4.69) is 5.32 Å². The number of hydrogen-bond acceptors (Lipinski definition) is 5. The van der Waals surface area contributed by atoms with Crippen LogP contribution in [0, 0.1) is 0 Å². The minimum absolute atomic E-state index is 0.0522. The molecule has 4 aromatic rings. The maximum Gasteiger partial charge on any atom is 0.264 e. The summed E-state index contributed by atoms with van der Waals surface area (Å²) in [6, 6.07) is 32.5. The third-order valence-electron chi connectivity index (χ3n) is 7.27. The monoisotopic (exact) mass is 613 g/mol. The second-order valence-electron chi connectivity index (χ2n) is 10.4. The summed E-state index contributed by atoms with van der Waals surface area (Å²) >= 11 is 0. The lowest BCUT2D eigenvalue weighted by Crippen LogP contribution is -2.53. The molecule has 9 heteroatoms. The van der Waals surface area contributed by atoms with E-state index in [1.165, 1.54) is 24.1 Å². The van der Waals surface area contributed by atoms with Crippen LogP contribution in [0.4, 0.5) is 5.69 Å². The lowest BCUT2D eigenvalue weighted by Gasteiger charge is -2.34. The normalized spacial score (nSPS) is 11.8. The maximum atomic E-state index is 14.4. The molecule has 0 aliphatic rings. The molecule has 0 aliphatic carbocycles. The van der Waals surface area contributed by atoms with E-state index in [9.17, 15) is 18.0 Å². The minimum Gasteiger partial charge on any atom is -0.497 e. The van der Waals surface area contributed by atoms with E-state index in [1.807, 2.05) is 67.6 Å². The minimum atomic E-state index is -4.15. The van der Waals surface area contributed by atoms with Gasteiger partial charge in [-0.05, 0) is 53.9 Å². The third kappa shape index (κ3) is 8.48. The largest absolute Gasteiger partial charge is 0.497 e. The number of nitrogens with one attached hydrogen (secondary N) is 1. The second kappa shape index (κ2) is 15.7. The molecule has 0 saturated carbocycles. The molecule has 0 heterocycles. The van der Waals surface area contributed by atoms with Gasteiger partial charge >= 0.3 is 0 Å². The van der Waals surface area contributed by atoms with Gasteiger partial charge in [0, 0.05) is 19.5 Å². The Kier molecular flexibility index (Phi) is 11.5. The second-order valence-corrected chi connectivity index (χ2v) is 12.2. The number of amides is 2. The number of sulfonamides is 1. The summed E-state index contributed by atoms with van der Waals surface area (Å²) < 4.78 is 34.4. The van der Waals surface area contributed by atoms with E-state index in [-0.39, 0.29) is 23.8 Å². The van der Waals surface area contributed by atoms with Gasteiger partial charge < -0.3 is 15.0 Å². The van der Waals surface area contributed by atoms with Crippen molar-refractivity contribution in [3.05, 3.63) is 126 Å². The molecule has 0 spiro atoms. The molecular weight excluding hydrogens is 574 g/mol. The highest BCUT2D eigenvalue weighted by Gasteiger charge is 2.34. The molecular formula is C35H39N3O5S. The number of hydrogen-bond donors (Lipinski definition) is 1. The number of carbonyl (C=O) groups excluding carboxylic acids is 2. The Morgan fingerprint density at radius 1 is 0.795 bits per heavy atom. The van der Waals surface area contributed by atoms with Crippen LogP contribution in [0.2, 0.25) is 0 Å². The Bertz CT molecular complexity index is 1580. The summed E-state index contributed by atoms with van der Waals surface area (Å²) in [5.74, 6) is -0.237. The molecule has 44 heavy (non-hydrogen) atoms. The average Bonchev–Trinajstić information content (AvgIpc) is 3.06. The van der Waals surface area contributed by atoms with Gasteiger partial charge in [0.05, 0.1) is 17.7 Å². The van der Waals surface area contributed by atoms with Crippen LogP contribution in [0.1, 0.15) is 30.9 Å². The number of anilines is 1. The van der Waals surface area contributed by atoms with E-state index in [0.29, 0.717) is 18.0 Å². The Labute approximate surface area is 260 Å². The SMILES string of the molecule is CCCCNC(=O)[C@@H](Cc1ccccc1)N(Cc1ccccc1)C(=O)CN(c1ccc(OC)cc1)S(=O)(=O)c1ccccc1. The Morgan fingerprint density at radius 2 is 1.36 bits per heavy atom. The van der Waals surface area contributed by atoms with Crippen molar-refractivity contribution in [2.45, 2.75) is 43.7 Å². The van der Waals surface area contributed by atoms with Crippen molar-refractivity contribution in [3.63, 3.8) is 0 Å². The highest BCUT2D eigenvalue weighted by molar-refractivity contribution is 7.92. The molecule has 0 radical (unpaired) electrons. The molecule has 0 bridgehead atoms. The van der Waals surface area contributed by atoms with E-state index < -0.39 is 28.5 Å². The first kappa shape index (κ1) is 32.3. The first-order chi connectivity index (χ1) is 21.3. The van der Waals surface area contributed by atoms with Crippen molar-refractivity contribution >= 4 is 27.5 Å². The number of rotatable bonds is 15. The third-order valence-corrected chi connectivity index (χ3v) is 9.05. The van der Waals surface area contributed by atoms with Crippen LogP contribution >= 0.6 is 0 Å². The van der Waals surface area contributed by atoms with Crippen LogP contribution in [-0.2, 0) is 32.6 Å². The fourth-order valence-corrected chi connectivity index (χ4v) is 6.27. The van der Waals surface area contributed by atoms with Gasteiger partial charge in [-0.2, -0.15) is 0 Å². The van der Waals surface area contributed by atoms with Crippen LogP contribution in [0.5, 0.6) is 5.75 Å². The fourth-order valence-electron chi connectivity index (χ4n) is 4.84. The molecule has 4 rings (SSSR count). The van der Waals surface area contributed by atoms with Gasteiger partial charge in [-0.3, -0.25) is 13.9 Å². The highest BCUT2D eigenvalue weighted by Crippen LogP contribution is 2.27. The predicted molar refractivity (Wildman–Crippen MR) is 173 cm³/mol. The first-order valence-corrected chi connectivity index (χ1v) is 16.1. The van der Waals surface area contributed by atoms with E-state index in [4.69, 9.17) is 4.74 Å². The van der Waals surface area contributed by atoms with Gasteiger partial charge in [0.25, 0.3) is 10.0 Å². The molecule has 230 valence electrons. The summed E-state index contributed by atoms with van der Waals surface area (Å²) in [7, 11) is -2.63. The highest BCUT2D eigenvalue weighted by atomic mass is 32.2. The Morgan fingerprint density at radius 3 is 1.93 bits per heavy atom. The maximum absolute atomic E-state index is 14.4. The van der Waals surface area contributed by atoms with Gasteiger partial charge in [-0.25, -0.2) is 8.42 Å². The van der Waals surface area contributed by atoms with Gasteiger partial charge in [0.1, 0.15) is 18.3 Å². The number of carbonyl (C=O) groups is 2. The number of methoxy groups -OCH3 is 1. The Balaban J connectivity index is 1.76. The number of nitrogens with zero attached hydrogens (tertiary/aromatic N) is 2. The van der Waals surface area contributed by atoms with Gasteiger partial charge in [0.2, 0.25) is 11.8 Å². The predicted octanol–water partition coefficient (Wildman–Crippen LogP) is 5.45. The van der Waals surface area contributed by atoms with E-state index >= 15 is 0 Å². The number of unbranched alkanes of at least 4 members (excludes halogenated alkanes) is 1. The lowest BCUT2D eigenvalue weighted by atomic mass is 10.0. The van der Waals surface area contributed by atoms with E-state index in [0.717, 1.165) is 28.3 Å². The van der Waals surface area contributed by atoms with Crippen LogP contribution < -0.4 is 14.4 Å². The van der Waals surface area contributed by atoms with Gasteiger partial charge in [-0.15, -0.1) is 0 Å². The molecule has 0 saturated heterocycles. The fraction of sp³-hybridized carbons (Fsp3) is 0.257. The molecule has 0 aliphatic heterocycles. The molecule has 2 amide bonds. The van der Waals surface area contributed by atoms with Gasteiger partial charge in [0.15, 0.2) is 0 Å². The van der Waals surface area contributed by atoms with Crippen LogP contribution in [-0.4, -0.2) is 51.4 Å². The number of benzene rings is 4. The van der Waals surface area contributed by atoms with E-state index in [1.54, 1.807) is 42.5 Å². The van der Waals surface area contributed by atoms with Crippen LogP contribution in [0.3, 0.4) is 0 Å². The smallest absolute Gasteiger partial charge is 0.264 e. The lowest BCUT2D eigenvalue weighted by molar-refractivity contribution is -0.140. The number of ether oxygens (including phenoxy) is 1. The van der Waals surface area contributed by atoms with Crippen molar-refractivity contribution in [2.24, 2.45) is 0 Å². The van der Waals surface area contributed by atoms with Gasteiger partial charge in [-0.1, -0.05) is 92.2 Å². The summed E-state index contributed by atoms with van der Waals surface area (Å²) in [6.45, 7) is 2.14. The summed E-state index contributed by atoms with van der Waals surface area (Å²) in [5.41, 5.74) is 2.01. The van der Waals surface area contributed by atoms with Crippen LogP contribution in [0.15, 0.2) is 120 Å². The zero-order valence-corrected chi connectivity index (χ0v) is 26.0. The Hall–Kier alpha value is -4.63. The topological polar surface area (TPSA) is 96.0 Å². The molecule has 4 aromatic carbocycles. The summed E-state index contributed by atoms with van der Waals surface area (Å²) in [6.07, 6.45) is 1.98. The molecule has 1 atom stereocenters. The summed E-state index contributed by atoms with van der Waals surface area (Å²) in [5, 5.41) is 3.00.